The Morgan fingerprint density at radius 3 is 2.41 bits per heavy atom. The van der Waals surface area contributed by atoms with E-state index in [0.717, 1.165) is 22.7 Å². The predicted molar refractivity (Wildman–Crippen MR) is 88.4 cm³/mol. The molecule has 0 fully saturated rings. The van der Waals surface area contributed by atoms with Gasteiger partial charge in [0.1, 0.15) is 5.75 Å². The predicted octanol–water partition coefficient (Wildman–Crippen LogP) is 3.55. The first kappa shape index (κ1) is 15.7. The van der Waals surface area contributed by atoms with Crippen molar-refractivity contribution in [3.05, 3.63) is 48.0 Å². The Bertz CT molecular complexity index is 624. The largest absolute Gasteiger partial charge is 0.497 e. The van der Waals surface area contributed by atoms with Gasteiger partial charge in [0.25, 0.3) is 0 Å². The number of hydrazone groups is 1. The minimum absolute atomic E-state index is 0.600. The summed E-state index contributed by atoms with van der Waals surface area (Å²) in [5.74, 6) is 2.23. The van der Waals surface area contributed by atoms with Crippen molar-refractivity contribution in [1.82, 2.24) is 0 Å². The molecule has 0 atom stereocenters. The standard InChI is InChI=1S/C17H20N2O3/c1-4-22-16-10-5-13(11-17(16)21-3)12-18-19-14-6-8-15(20-2)9-7-14/h5-12,19H,4H2,1-3H3/b18-12+. The molecule has 0 aromatic heterocycles. The van der Waals surface area contributed by atoms with E-state index in [2.05, 4.69) is 10.5 Å². The summed E-state index contributed by atoms with van der Waals surface area (Å²) in [6.07, 6.45) is 1.72. The lowest BCUT2D eigenvalue weighted by atomic mass is 10.2. The Morgan fingerprint density at radius 2 is 1.77 bits per heavy atom. The summed E-state index contributed by atoms with van der Waals surface area (Å²) in [6, 6.07) is 13.2. The second-order valence-electron chi connectivity index (χ2n) is 4.44. The van der Waals surface area contributed by atoms with Gasteiger partial charge in [0.05, 0.1) is 32.7 Å². The molecule has 2 aromatic rings. The molecule has 0 saturated carbocycles. The molecule has 5 nitrogen and oxygen atoms in total. The highest BCUT2D eigenvalue weighted by atomic mass is 16.5. The molecule has 22 heavy (non-hydrogen) atoms. The van der Waals surface area contributed by atoms with Crippen LogP contribution in [-0.4, -0.2) is 27.0 Å². The summed E-state index contributed by atoms with van der Waals surface area (Å²) in [6.45, 7) is 2.54. The van der Waals surface area contributed by atoms with E-state index < -0.39 is 0 Å². The molecule has 0 unspecified atom stereocenters. The van der Waals surface area contributed by atoms with E-state index in [4.69, 9.17) is 14.2 Å². The number of ether oxygens (including phenoxy) is 3. The maximum Gasteiger partial charge on any atom is 0.161 e. The summed E-state index contributed by atoms with van der Waals surface area (Å²) in [4.78, 5) is 0. The van der Waals surface area contributed by atoms with Gasteiger partial charge in [-0.15, -0.1) is 0 Å². The first-order valence-electron chi connectivity index (χ1n) is 7.00. The first-order chi connectivity index (χ1) is 10.8. The van der Waals surface area contributed by atoms with Gasteiger partial charge in [-0.1, -0.05) is 0 Å². The van der Waals surface area contributed by atoms with Crippen LogP contribution in [0.25, 0.3) is 0 Å². The lowest BCUT2D eigenvalue weighted by molar-refractivity contribution is 0.311. The number of nitrogens with one attached hydrogen (secondary N) is 1. The highest BCUT2D eigenvalue weighted by molar-refractivity contribution is 5.81. The van der Waals surface area contributed by atoms with E-state index in [1.807, 2.05) is 49.4 Å². The second kappa shape index (κ2) is 7.93. The van der Waals surface area contributed by atoms with Gasteiger partial charge in [0, 0.05) is 0 Å². The molecule has 5 heteroatoms. The molecule has 0 amide bonds. The Hall–Kier alpha value is -2.69. The normalized spacial score (nSPS) is 10.5. The summed E-state index contributed by atoms with van der Waals surface area (Å²) < 4.78 is 15.9. The minimum atomic E-state index is 0.600. The summed E-state index contributed by atoms with van der Waals surface area (Å²) in [5.41, 5.74) is 4.77. The van der Waals surface area contributed by atoms with Crippen molar-refractivity contribution in [1.29, 1.82) is 0 Å². The fourth-order valence-electron chi connectivity index (χ4n) is 1.89. The molecule has 0 radical (unpaired) electrons. The molecular weight excluding hydrogens is 280 g/mol. The SMILES string of the molecule is CCOc1ccc(/C=N/Nc2ccc(OC)cc2)cc1OC. The van der Waals surface area contributed by atoms with Crippen molar-refractivity contribution < 1.29 is 14.2 Å². The molecule has 0 spiro atoms. The van der Waals surface area contributed by atoms with Crippen molar-refractivity contribution >= 4 is 11.9 Å². The number of hydrogen-bond donors (Lipinski definition) is 1. The quantitative estimate of drug-likeness (QED) is 0.627. The van der Waals surface area contributed by atoms with Gasteiger partial charge in [0.15, 0.2) is 11.5 Å². The molecule has 116 valence electrons. The summed E-state index contributed by atoms with van der Waals surface area (Å²) >= 11 is 0. The van der Waals surface area contributed by atoms with Crippen LogP contribution in [0, 0.1) is 0 Å². The fourth-order valence-corrected chi connectivity index (χ4v) is 1.89. The smallest absolute Gasteiger partial charge is 0.161 e. The van der Waals surface area contributed by atoms with Crippen LogP contribution in [0.4, 0.5) is 5.69 Å². The zero-order chi connectivity index (χ0) is 15.8. The van der Waals surface area contributed by atoms with Gasteiger partial charge in [-0.25, -0.2) is 0 Å². The van der Waals surface area contributed by atoms with Crippen LogP contribution in [0.2, 0.25) is 0 Å². The number of nitrogens with zero attached hydrogens (tertiary/aromatic N) is 1. The molecule has 0 aliphatic carbocycles. The van der Waals surface area contributed by atoms with Crippen LogP contribution in [0.1, 0.15) is 12.5 Å². The topological polar surface area (TPSA) is 52.1 Å². The van der Waals surface area contributed by atoms with Gasteiger partial charge in [-0.3, -0.25) is 5.43 Å². The molecule has 2 aromatic carbocycles. The van der Waals surface area contributed by atoms with Crippen molar-refractivity contribution in [3.63, 3.8) is 0 Å². The Morgan fingerprint density at radius 1 is 1.00 bits per heavy atom. The number of benzene rings is 2. The monoisotopic (exact) mass is 300 g/mol. The van der Waals surface area contributed by atoms with E-state index in [9.17, 15) is 0 Å². The zero-order valence-corrected chi connectivity index (χ0v) is 13.0. The molecular formula is C17H20N2O3. The maximum absolute atomic E-state index is 5.48. The third-order valence-electron chi connectivity index (χ3n) is 2.98. The molecule has 2 rings (SSSR count). The summed E-state index contributed by atoms with van der Waals surface area (Å²) in [5, 5.41) is 4.21. The maximum atomic E-state index is 5.48. The second-order valence-corrected chi connectivity index (χ2v) is 4.44. The van der Waals surface area contributed by atoms with E-state index in [1.54, 1.807) is 20.4 Å². The van der Waals surface area contributed by atoms with Crippen LogP contribution in [0.5, 0.6) is 17.2 Å². The van der Waals surface area contributed by atoms with Crippen molar-refractivity contribution in [2.24, 2.45) is 5.10 Å². The molecule has 0 aliphatic heterocycles. The van der Waals surface area contributed by atoms with Crippen molar-refractivity contribution in [2.75, 3.05) is 26.3 Å². The van der Waals surface area contributed by atoms with Crippen LogP contribution >= 0.6 is 0 Å². The van der Waals surface area contributed by atoms with E-state index in [-0.39, 0.29) is 0 Å². The minimum Gasteiger partial charge on any atom is -0.497 e. The lowest BCUT2D eigenvalue weighted by Gasteiger charge is -2.09. The molecule has 0 bridgehead atoms. The van der Waals surface area contributed by atoms with Crippen molar-refractivity contribution in [2.45, 2.75) is 6.92 Å². The fraction of sp³-hybridized carbons (Fsp3) is 0.235. The molecule has 0 heterocycles. The van der Waals surface area contributed by atoms with E-state index in [1.165, 1.54) is 0 Å². The van der Waals surface area contributed by atoms with Crippen LogP contribution in [0.15, 0.2) is 47.6 Å². The van der Waals surface area contributed by atoms with Gasteiger partial charge in [-0.2, -0.15) is 5.10 Å². The third-order valence-corrected chi connectivity index (χ3v) is 2.98. The molecule has 0 saturated heterocycles. The van der Waals surface area contributed by atoms with E-state index in [0.29, 0.717) is 12.4 Å². The first-order valence-corrected chi connectivity index (χ1v) is 7.00. The van der Waals surface area contributed by atoms with Gasteiger partial charge in [0.2, 0.25) is 0 Å². The van der Waals surface area contributed by atoms with Gasteiger partial charge >= 0.3 is 0 Å². The van der Waals surface area contributed by atoms with Crippen LogP contribution in [0.3, 0.4) is 0 Å². The number of methoxy groups -OCH3 is 2. The zero-order valence-electron chi connectivity index (χ0n) is 13.0. The average molecular weight is 300 g/mol. The summed E-state index contributed by atoms with van der Waals surface area (Å²) in [7, 11) is 3.26. The average Bonchev–Trinajstić information content (AvgIpc) is 2.57. The highest BCUT2D eigenvalue weighted by Crippen LogP contribution is 2.27. The van der Waals surface area contributed by atoms with Gasteiger partial charge < -0.3 is 14.2 Å². The van der Waals surface area contributed by atoms with Crippen LogP contribution < -0.4 is 19.6 Å². The Balaban J connectivity index is 2.02. The Labute approximate surface area is 130 Å². The van der Waals surface area contributed by atoms with E-state index >= 15 is 0 Å². The third kappa shape index (κ3) is 4.15. The highest BCUT2D eigenvalue weighted by Gasteiger charge is 2.03. The molecule has 1 N–H and O–H groups in total. The molecule has 0 aliphatic rings. The number of hydrogen-bond acceptors (Lipinski definition) is 5. The van der Waals surface area contributed by atoms with Crippen molar-refractivity contribution in [3.8, 4) is 17.2 Å². The number of anilines is 1. The lowest BCUT2D eigenvalue weighted by Crippen LogP contribution is -1.97. The van der Waals surface area contributed by atoms with Gasteiger partial charge in [-0.05, 0) is 55.0 Å². The van der Waals surface area contributed by atoms with Crippen LogP contribution in [-0.2, 0) is 0 Å². The number of rotatable bonds is 7. The Kier molecular flexibility index (Phi) is 5.65.